The molecule has 104 valence electrons. The largest absolute Gasteiger partial charge is 0.478 e. The first kappa shape index (κ1) is 13.6. The van der Waals surface area contributed by atoms with Gasteiger partial charge < -0.3 is 5.11 Å². The second-order valence-corrected chi connectivity index (χ2v) is 5.27. The summed E-state index contributed by atoms with van der Waals surface area (Å²) < 4.78 is 0. The molecule has 0 spiro atoms. The lowest BCUT2D eigenvalue weighted by molar-refractivity contribution is 0.0697. The predicted octanol–water partition coefficient (Wildman–Crippen LogP) is 4.56. The number of carboxylic acids is 1. The Kier molecular flexibility index (Phi) is 3.35. The van der Waals surface area contributed by atoms with E-state index in [0.717, 1.165) is 22.2 Å². The average Bonchev–Trinajstić information content (AvgIpc) is 2.47. The van der Waals surface area contributed by atoms with E-state index in [1.165, 1.54) is 6.07 Å². The molecule has 2 aromatic carbocycles. The molecular formula is C17H12ClNO2. The number of aryl methyl sites for hydroxylation is 1. The van der Waals surface area contributed by atoms with Gasteiger partial charge in [0.05, 0.1) is 11.1 Å². The molecule has 0 aliphatic carbocycles. The third kappa shape index (κ3) is 2.60. The van der Waals surface area contributed by atoms with Crippen LogP contribution in [0.5, 0.6) is 0 Å². The first-order valence-electron chi connectivity index (χ1n) is 6.45. The third-order valence-corrected chi connectivity index (χ3v) is 3.68. The third-order valence-electron chi connectivity index (χ3n) is 3.35. The molecule has 0 aliphatic rings. The lowest BCUT2D eigenvalue weighted by atomic mass is 10.0. The SMILES string of the molecule is Cc1ccc2cc(-c3cc(C(=O)O)ccc3Cl)ccc2n1. The summed E-state index contributed by atoms with van der Waals surface area (Å²) in [5.74, 6) is -0.967. The Balaban J connectivity index is 2.18. The second-order valence-electron chi connectivity index (χ2n) is 4.86. The van der Waals surface area contributed by atoms with Gasteiger partial charge in [-0.2, -0.15) is 0 Å². The van der Waals surface area contributed by atoms with Crippen LogP contribution in [0.25, 0.3) is 22.0 Å². The fourth-order valence-electron chi connectivity index (χ4n) is 2.27. The van der Waals surface area contributed by atoms with Crippen molar-refractivity contribution in [3.8, 4) is 11.1 Å². The van der Waals surface area contributed by atoms with E-state index >= 15 is 0 Å². The van der Waals surface area contributed by atoms with Crippen LogP contribution < -0.4 is 0 Å². The summed E-state index contributed by atoms with van der Waals surface area (Å²) in [6.45, 7) is 1.94. The van der Waals surface area contributed by atoms with Gasteiger partial charge in [0, 0.05) is 21.7 Å². The summed E-state index contributed by atoms with van der Waals surface area (Å²) in [6, 6.07) is 14.4. The molecule has 0 saturated heterocycles. The number of pyridine rings is 1. The lowest BCUT2D eigenvalue weighted by Gasteiger charge is -2.08. The zero-order valence-corrected chi connectivity index (χ0v) is 12.1. The molecule has 0 bridgehead atoms. The van der Waals surface area contributed by atoms with Gasteiger partial charge in [-0.1, -0.05) is 23.7 Å². The van der Waals surface area contributed by atoms with Crippen molar-refractivity contribution in [3.63, 3.8) is 0 Å². The van der Waals surface area contributed by atoms with Gasteiger partial charge in [0.2, 0.25) is 0 Å². The monoisotopic (exact) mass is 297 g/mol. The molecule has 0 unspecified atom stereocenters. The lowest BCUT2D eigenvalue weighted by Crippen LogP contribution is -1.96. The molecule has 0 aliphatic heterocycles. The fourth-order valence-corrected chi connectivity index (χ4v) is 2.50. The van der Waals surface area contributed by atoms with E-state index in [4.69, 9.17) is 16.7 Å². The number of rotatable bonds is 2. The summed E-state index contributed by atoms with van der Waals surface area (Å²) in [7, 11) is 0. The highest BCUT2D eigenvalue weighted by atomic mass is 35.5. The van der Waals surface area contributed by atoms with Crippen molar-refractivity contribution in [1.29, 1.82) is 0 Å². The first-order chi connectivity index (χ1) is 10.0. The van der Waals surface area contributed by atoms with Crippen molar-refractivity contribution in [2.24, 2.45) is 0 Å². The van der Waals surface area contributed by atoms with Crippen LogP contribution in [-0.2, 0) is 0 Å². The molecule has 1 heterocycles. The van der Waals surface area contributed by atoms with Gasteiger partial charge in [-0.05, 0) is 48.9 Å². The highest BCUT2D eigenvalue weighted by Crippen LogP contribution is 2.31. The van der Waals surface area contributed by atoms with E-state index in [2.05, 4.69) is 4.98 Å². The van der Waals surface area contributed by atoms with Gasteiger partial charge in [-0.25, -0.2) is 4.79 Å². The Morgan fingerprint density at radius 1 is 1.10 bits per heavy atom. The molecule has 0 atom stereocenters. The molecule has 0 fully saturated rings. The number of hydrogen-bond acceptors (Lipinski definition) is 2. The topological polar surface area (TPSA) is 50.2 Å². The van der Waals surface area contributed by atoms with Crippen molar-refractivity contribution >= 4 is 28.5 Å². The van der Waals surface area contributed by atoms with Crippen LogP contribution in [0.3, 0.4) is 0 Å². The van der Waals surface area contributed by atoms with Crippen LogP contribution in [0.15, 0.2) is 48.5 Å². The number of halogens is 1. The van der Waals surface area contributed by atoms with Crippen LogP contribution in [0, 0.1) is 6.92 Å². The number of aromatic carboxylic acids is 1. The molecular weight excluding hydrogens is 286 g/mol. The standard InChI is InChI=1S/C17H12ClNO2/c1-10-2-3-12-8-11(5-7-16(12)19-10)14-9-13(17(20)21)4-6-15(14)18/h2-9H,1H3,(H,20,21). The van der Waals surface area contributed by atoms with E-state index in [0.29, 0.717) is 10.6 Å². The van der Waals surface area contributed by atoms with Crippen molar-refractivity contribution in [3.05, 3.63) is 64.8 Å². The Bertz CT molecular complexity index is 859. The van der Waals surface area contributed by atoms with E-state index < -0.39 is 5.97 Å². The van der Waals surface area contributed by atoms with Crippen molar-refractivity contribution in [2.45, 2.75) is 6.92 Å². The molecule has 3 nitrogen and oxygen atoms in total. The van der Waals surface area contributed by atoms with Gasteiger partial charge in [0.25, 0.3) is 0 Å². The zero-order chi connectivity index (χ0) is 15.0. The molecule has 21 heavy (non-hydrogen) atoms. The van der Waals surface area contributed by atoms with Gasteiger partial charge in [0.1, 0.15) is 0 Å². The number of benzene rings is 2. The van der Waals surface area contributed by atoms with Gasteiger partial charge in [0.15, 0.2) is 0 Å². The molecule has 4 heteroatoms. The molecule has 0 radical (unpaired) electrons. The maximum absolute atomic E-state index is 11.1. The summed E-state index contributed by atoms with van der Waals surface area (Å²) in [6.07, 6.45) is 0. The molecule has 1 N–H and O–H groups in total. The van der Waals surface area contributed by atoms with E-state index in [1.54, 1.807) is 12.1 Å². The Labute approximate surface area is 126 Å². The van der Waals surface area contributed by atoms with Crippen LogP contribution in [0.1, 0.15) is 16.1 Å². The van der Waals surface area contributed by atoms with Crippen LogP contribution in [0.2, 0.25) is 5.02 Å². The summed E-state index contributed by atoms with van der Waals surface area (Å²) >= 11 is 6.20. The molecule has 0 amide bonds. The quantitative estimate of drug-likeness (QED) is 0.754. The maximum Gasteiger partial charge on any atom is 0.335 e. The van der Waals surface area contributed by atoms with Crippen LogP contribution >= 0.6 is 11.6 Å². The summed E-state index contributed by atoms with van der Waals surface area (Å²) in [4.78, 5) is 15.5. The second kappa shape index (κ2) is 5.19. The van der Waals surface area contributed by atoms with E-state index in [9.17, 15) is 4.79 Å². The Morgan fingerprint density at radius 3 is 2.67 bits per heavy atom. The number of hydrogen-bond donors (Lipinski definition) is 1. The number of carbonyl (C=O) groups is 1. The highest BCUT2D eigenvalue weighted by Gasteiger charge is 2.10. The fraction of sp³-hybridized carbons (Fsp3) is 0.0588. The Morgan fingerprint density at radius 2 is 1.90 bits per heavy atom. The average molecular weight is 298 g/mol. The van der Waals surface area contributed by atoms with E-state index in [-0.39, 0.29) is 5.56 Å². The van der Waals surface area contributed by atoms with Gasteiger partial charge in [-0.3, -0.25) is 4.98 Å². The minimum absolute atomic E-state index is 0.219. The van der Waals surface area contributed by atoms with E-state index in [1.807, 2.05) is 37.3 Å². The van der Waals surface area contributed by atoms with Crippen molar-refractivity contribution < 1.29 is 9.90 Å². The first-order valence-corrected chi connectivity index (χ1v) is 6.83. The smallest absolute Gasteiger partial charge is 0.335 e. The molecule has 3 rings (SSSR count). The van der Waals surface area contributed by atoms with Gasteiger partial charge >= 0.3 is 5.97 Å². The predicted molar refractivity (Wildman–Crippen MR) is 83.9 cm³/mol. The summed E-state index contributed by atoms with van der Waals surface area (Å²) in [5.41, 5.74) is 3.67. The Hall–Kier alpha value is -2.39. The zero-order valence-electron chi connectivity index (χ0n) is 11.3. The number of carboxylic acid groups (broad SMARTS) is 1. The van der Waals surface area contributed by atoms with Gasteiger partial charge in [-0.15, -0.1) is 0 Å². The number of aromatic nitrogens is 1. The van der Waals surface area contributed by atoms with Crippen molar-refractivity contribution in [2.75, 3.05) is 0 Å². The number of fused-ring (bicyclic) bond motifs is 1. The highest BCUT2D eigenvalue weighted by molar-refractivity contribution is 6.33. The minimum Gasteiger partial charge on any atom is -0.478 e. The maximum atomic E-state index is 11.1. The summed E-state index contributed by atoms with van der Waals surface area (Å²) in [5, 5.41) is 10.6. The minimum atomic E-state index is -0.967. The molecule has 0 saturated carbocycles. The normalized spacial score (nSPS) is 10.8. The molecule has 3 aromatic rings. The molecule has 1 aromatic heterocycles. The van der Waals surface area contributed by atoms with Crippen LogP contribution in [0.4, 0.5) is 0 Å². The van der Waals surface area contributed by atoms with Crippen LogP contribution in [-0.4, -0.2) is 16.1 Å². The number of nitrogens with zero attached hydrogens (tertiary/aromatic N) is 1. The van der Waals surface area contributed by atoms with Crippen molar-refractivity contribution in [1.82, 2.24) is 4.98 Å².